The highest BCUT2D eigenvalue weighted by Crippen LogP contribution is 2.37. The van der Waals surface area contributed by atoms with Gasteiger partial charge in [0.15, 0.2) is 5.79 Å². The molecular weight excluding hydrogens is 394 g/mol. The van der Waals surface area contributed by atoms with Gasteiger partial charge < -0.3 is 19.7 Å². The molecule has 1 saturated heterocycles. The minimum atomic E-state index is -0.823. The second-order valence-corrected chi connectivity index (χ2v) is 8.87. The topological polar surface area (TPSA) is 142 Å². The Bertz CT molecular complexity index is 510. The smallest absolute Gasteiger partial charge is 0.304 e. The summed E-state index contributed by atoms with van der Waals surface area (Å²) in [6.45, 7) is 3.18. The second kappa shape index (κ2) is 12.4. The molecule has 11 heteroatoms. The van der Waals surface area contributed by atoms with Crippen LogP contribution in [0.25, 0.3) is 10.4 Å². The molecule has 0 aromatic rings. The quantitative estimate of drug-likeness (QED) is 0.188. The Kier molecular flexibility index (Phi) is 10.9. The van der Waals surface area contributed by atoms with Crippen LogP contribution in [0.15, 0.2) is 5.11 Å². The first-order valence-electron chi connectivity index (χ1n) is 8.69. The summed E-state index contributed by atoms with van der Waals surface area (Å²) in [5.41, 5.74) is 8.05. The minimum Gasteiger partial charge on any atom is -0.481 e. The number of aliphatic carboxylic acids is 2. The molecule has 0 saturated carbocycles. The molecule has 0 bridgehead atoms. The van der Waals surface area contributed by atoms with E-state index in [4.69, 9.17) is 25.2 Å². The highest BCUT2D eigenvalue weighted by Gasteiger charge is 2.41. The first kappa shape index (κ1) is 23.9. The lowest BCUT2D eigenvalue weighted by molar-refractivity contribution is -0.290. The molecule has 0 amide bonds. The largest absolute Gasteiger partial charge is 0.481 e. The number of ether oxygens (including phenoxy) is 2. The summed E-state index contributed by atoms with van der Waals surface area (Å²) in [6.07, 6.45) is 1.48. The fourth-order valence-electron chi connectivity index (χ4n) is 2.46. The molecule has 1 fully saturated rings. The Labute approximate surface area is 167 Å². The van der Waals surface area contributed by atoms with Gasteiger partial charge in [0.05, 0.1) is 26.1 Å². The van der Waals surface area contributed by atoms with Crippen LogP contribution in [0.5, 0.6) is 0 Å². The molecule has 0 atom stereocenters. The fourth-order valence-corrected chi connectivity index (χ4v) is 4.92. The molecule has 1 heterocycles. The first-order valence-corrected chi connectivity index (χ1v) is 11.0. The summed E-state index contributed by atoms with van der Waals surface area (Å²) in [4.78, 5) is 24.1. The van der Waals surface area contributed by atoms with Crippen molar-refractivity contribution < 1.29 is 29.3 Å². The molecule has 1 aliphatic heterocycles. The summed E-state index contributed by atoms with van der Waals surface area (Å²) in [5, 5.41) is 21.1. The molecule has 2 N–H and O–H groups in total. The number of carboxylic acid groups (broad SMARTS) is 2. The van der Waals surface area contributed by atoms with Gasteiger partial charge in [0.2, 0.25) is 0 Å². The Hall–Kier alpha value is -1.13. The van der Waals surface area contributed by atoms with E-state index in [0.717, 1.165) is 0 Å². The first-order chi connectivity index (χ1) is 12.8. The lowest BCUT2D eigenvalue weighted by Gasteiger charge is -2.45. The monoisotopic (exact) mass is 421 g/mol. The molecule has 0 radical (unpaired) electrons. The minimum absolute atomic E-state index is 0.103. The van der Waals surface area contributed by atoms with Crippen LogP contribution >= 0.6 is 23.5 Å². The van der Waals surface area contributed by atoms with Crippen molar-refractivity contribution >= 4 is 35.5 Å². The van der Waals surface area contributed by atoms with Gasteiger partial charge in [-0.3, -0.25) is 9.59 Å². The number of hydrogen-bond donors (Lipinski definition) is 2. The number of carbonyl (C=O) groups is 2. The predicted octanol–water partition coefficient (Wildman–Crippen LogP) is 3.24. The highest BCUT2D eigenvalue weighted by atomic mass is 32.2. The molecule has 9 nitrogen and oxygen atoms in total. The maximum atomic E-state index is 10.7. The fraction of sp³-hybridized carbons (Fsp3) is 0.875. The molecule has 0 aliphatic carbocycles. The summed E-state index contributed by atoms with van der Waals surface area (Å²) in [5.74, 6) is 0.0314. The van der Waals surface area contributed by atoms with Crippen molar-refractivity contribution in [3.8, 4) is 0 Å². The summed E-state index contributed by atoms with van der Waals surface area (Å²) in [6, 6.07) is 0. The Morgan fingerprint density at radius 3 is 2.07 bits per heavy atom. The van der Waals surface area contributed by atoms with E-state index in [9.17, 15) is 9.59 Å². The van der Waals surface area contributed by atoms with Crippen LogP contribution in [-0.2, 0) is 19.1 Å². The van der Waals surface area contributed by atoms with E-state index in [1.807, 2.05) is 6.92 Å². The van der Waals surface area contributed by atoms with Crippen LogP contribution in [0.2, 0.25) is 0 Å². The van der Waals surface area contributed by atoms with E-state index in [1.165, 1.54) is 0 Å². The van der Waals surface area contributed by atoms with Gasteiger partial charge in [0, 0.05) is 46.3 Å². The second-order valence-electron chi connectivity index (χ2n) is 6.66. The highest BCUT2D eigenvalue weighted by molar-refractivity contribution is 8.00. The molecule has 0 unspecified atom stereocenters. The third kappa shape index (κ3) is 10.1. The van der Waals surface area contributed by atoms with Crippen molar-refractivity contribution in [3.05, 3.63) is 10.4 Å². The third-order valence-corrected chi connectivity index (χ3v) is 6.68. The van der Waals surface area contributed by atoms with Crippen LogP contribution in [0.1, 0.15) is 32.6 Å². The van der Waals surface area contributed by atoms with E-state index in [1.54, 1.807) is 23.5 Å². The van der Waals surface area contributed by atoms with Crippen LogP contribution in [0, 0.1) is 5.41 Å². The maximum absolute atomic E-state index is 10.7. The van der Waals surface area contributed by atoms with Crippen LogP contribution < -0.4 is 0 Å². The standard InChI is InChI=1S/C16H27N3O6S2/c1-15(5-2-6-18-19-17)24-9-16(10-25-15,11-26-7-3-13(20)21)12-27-8-4-14(22)23/h2-12H2,1H3,(H,20,21)(H,22,23). The van der Waals surface area contributed by atoms with Crippen molar-refractivity contribution in [3.63, 3.8) is 0 Å². The summed E-state index contributed by atoms with van der Waals surface area (Å²) in [7, 11) is 0. The van der Waals surface area contributed by atoms with Crippen molar-refractivity contribution in [1.29, 1.82) is 0 Å². The molecule has 154 valence electrons. The summed E-state index contributed by atoms with van der Waals surface area (Å²) < 4.78 is 12.0. The van der Waals surface area contributed by atoms with Gasteiger partial charge in [-0.25, -0.2) is 0 Å². The van der Waals surface area contributed by atoms with Crippen LogP contribution in [0.3, 0.4) is 0 Å². The average molecular weight is 422 g/mol. The van der Waals surface area contributed by atoms with Crippen molar-refractivity contribution in [2.45, 2.75) is 38.4 Å². The maximum Gasteiger partial charge on any atom is 0.304 e. The van der Waals surface area contributed by atoms with E-state index in [-0.39, 0.29) is 18.3 Å². The summed E-state index contributed by atoms with van der Waals surface area (Å²) >= 11 is 3.10. The van der Waals surface area contributed by atoms with Gasteiger partial charge in [-0.2, -0.15) is 23.5 Å². The normalized spacial score (nSPS) is 17.8. The Balaban J connectivity index is 2.54. The lowest BCUT2D eigenvalue weighted by Crippen LogP contribution is -2.50. The SMILES string of the molecule is CC1(CCCN=[N+]=[N-])OCC(CSCCC(=O)O)(CSCCC(=O)O)CO1. The number of thioether (sulfide) groups is 2. The van der Waals surface area contributed by atoms with Crippen molar-refractivity contribution in [2.24, 2.45) is 10.5 Å². The molecule has 27 heavy (non-hydrogen) atoms. The van der Waals surface area contributed by atoms with E-state index in [2.05, 4.69) is 10.0 Å². The third-order valence-electron chi connectivity index (χ3n) is 4.06. The van der Waals surface area contributed by atoms with Crippen molar-refractivity contribution in [1.82, 2.24) is 0 Å². The number of carboxylic acids is 2. The number of azide groups is 1. The van der Waals surface area contributed by atoms with Gasteiger partial charge in [-0.15, -0.1) is 0 Å². The molecular formula is C16H27N3O6S2. The number of hydrogen-bond acceptors (Lipinski definition) is 7. The van der Waals surface area contributed by atoms with Gasteiger partial charge in [-0.05, 0) is 18.9 Å². The molecule has 0 aromatic carbocycles. The zero-order valence-electron chi connectivity index (χ0n) is 15.5. The number of nitrogens with zero attached hydrogens (tertiary/aromatic N) is 3. The van der Waals surface area contributed by atoms with Crippen LogP contribution in [0.4, 0.5) is 0 Å². The van der Waals surface area contributed by atoms with Crippen LogP contribution in [-0.4, -0.2) is 70.7 Å². The molecule has 0 aromatic heterocycles. The van der Waals surface area contributed by atoms with E-state index in [0.29, 0.717) is 55.6 Å². The Morgan fingerprint density at radius 2 is 1.63 bits per heavy atom. The van der Waals surface area contributed by atoms with Gasteiger partial charge >= 0.3 is 11.9 Å². The Morgan fingerprint density at radius 1 is 1.11 bits per heavy atom. The molecule has 0 spiro atoms. The molecule has 1 aliphatic rings. The van der Waals surface area contributed by atoms with Crippen molar-refractivity contribution in [2.75, 3.05) is 42.8 Å². The predicted molar refractivity (Wildman–Crippen MR) is 105 cm³/mol. The van der Waals surface area contributed by atoms with E-state index < -0.39 is 17.7 Å². The van der Waals surface area contributed by atoms with E-state index >= 15 is 0 Å². The average Bonchev–Trinajstić information content (AvgIpc) is 2.62. The lowest BCUT2D eigenvalue weighted by atomic mass is 9.93. The molecule has 1 rings (SSSR count). The number of rotatable bonds is 14. The van der Waals surface area contributed by atoms with Gasteiger partial charge in [0.1, 0.15) is 0 Å². The van der Waals surface area contributed by atoms with Gasteiger partial charge in [0.25, 0.3) is 0 Å². The zero-order valence-corrected chi connectivity index (χ0v) is 17.1. The zero-order chi connectivity index (χ0) is 20.2. The van der Waals surface area contributed by atoms with Gasteiger partial charge in [-0.1, -0.05) is 5.11 Å².